The van der Waals surface area contributed by atoms with Gasteiger partial charge in [0.25, 0.3) is 5.91 Å². The number of nitrogens with two attached hydrogens (primary N) is 1. The Bertz CT molecular complexity index is 924. The first-order valence-corrected chi connectivity index (χ1v) is 10.3. The molecule has 2 aromatic carbocycles. The van der Waals surface area contributed by atoms with E-state index in [4.69, 9.17) is 23.2 Å². The average molecular weight is 420 g/mol. The smallest absolute Gasteiger partial charge is 0.279 e. The molecular formula is C21H21Cl2N2OS+. The van der Waals surface area contributed by atoms with Gasteiger partial charge in [-0.2, -0.15) is 0 Å². The van der Waals surface area contributed by atoms with E-state index in [-0.39, 0.29) is 18.5 Å². The van der Waals surface area contributed by atoms with Crippen LogP contribution in [0.1, 0.15) is 27.6 Å². The summed E-state index contributed by atoms with van der Waals surface area (Å²) in [5.74, 6) is -0.141. The van der Waals surface area contributed by atoms with Gasteiger partial charge >= 0.3 is 0 Å². The number of benzene rings is 2. The Labute approximate surface area is 173 Å². The summed E-state index contributed by atoms with van der Waals surface area (Å²) in [6.07, 6.45) is 0. The zero-order valence-corrected chi connectivity index (χ0v) is 17.5. The number of hydrogen-bond acceptors (Lipinski definition) is 2. The first kappa shape index (κ1) is 19.9. The minimum Gasteiger partial charge on any atom is -0.328 e. The Balaban J connectivity index is 1.73. The van der Waals surface area contributed by atoms with Crippen LogP contribution in [0.5, 0.6) is 0 Å². The van der Waals surface area contributed by atoms with Crippen molar-refractivity contribution in [1.29, 1.82) is 0 Å². The van der Waals surface area contributed by atoms with Crippen LogP contribution in [-0.4, -0.2) is 12.5 Å². The second-order valence-electron chi connectivity index (χ2n) is 6.45. The highest BCUT2D eigenvalue weighted by atomic mass is 35.5. The molecular weight excluding hydrogens is 399 g/mol. The maximum Gasteiger partial charge on any atom is 0.279 e. The van der Waals surface area contributed by atoms with Crippen molar-refractivity contribution < 1.29 is 10.1 Å². The largest absolute Gasteiger partial charge is 0.328 e. The molecule has 27 heavy (non-hydrogen) atoms. The summed E-state index contributed by atoms with van der Waals surface area (Å²) in [6, 6.07) is 16.2. The molecule has 3 N–H and O–H groups in total. The summed E-state index contributed by atoms with van der Waals surface area (Å²) in [7, 11) is 0. The molecule has 0 radical (unpaired) electrons. The lowest BCUT2D eigenvalue weighted by atomic mass is 10.0. The lowest BCUT2D eigenvalue weighted by molar-refractivity contribution is -0.675. The molecule has 3 rings (SSSR count). The molecule has 1 atom stereocenters. The van der Waals surface area contributed by atoms with Crippen molar-refractivity contribution in [3.05, 3.63) is 85.5 Å². The molecule has 1 amide bonds. The van der Waals surface area contributed by atoms with Crippen molar-refractivity contribution in [1.82, 2.24) is 0 Å². The van der Waals surface area contributed by atoms with E-state index in [0.29, 0.717) is 15.7 Å². The Kier molecular flexibility index (Phi) is 6.55. The van der Waals surface area contributed by atoms with Crippen molar-refractivity contribution in [2.24, 2.45) is 0 Å². The summed E-state index contributed by atoms with van der Waals surface area (Å²) < 4.78 is 0. The molecule has 1 heterocycles. The fraction of sp³-hybridized carbons (Fsp3) is 0.190. The maximum atomic E-state index is 12.5. The Hall–Kier alpha value is -1.85. The van der Waals surface area contributed by atoms with Crippen molar-refractivity contribution in [3.8, 4) is 0 Å². The zero-order valence-electron chi connectivity index (χ0n) is 15.1. The summed E-state index contributed by atoms with van der Waals surface area (Å²) in [5, 5.41) is 7.85. The molecule has 3 aromatic rings. The molecule has 0 aliphatic heterocycles. The van der Waals surface area contributed by atoms with E-state index in [2.05, 4.69) is 48.0 Å². The quantitative estimate of drug-likeness (QED) is 0.582. The topological polar surface area (TPSA) is 45.7 Å². The van der Waals surface area contributed by atoms with Crippen molar-refractivity contribution in [3.63, 3.8) is 0 Å². The number of anilines is 1. The van der Waals surface area contributed by atoms with Crippen LogP contribution in [0, 0.1) is 13.8 Å². The molecule has 6 heteroatoms. The zero-order chi connectivity index (χ0) is 19.4. The number of amides is 1. The molecule has 0 saturated carbocycles. The monoisotopic (exact) mass is 419 g/mol. The fourth-order valence-corrected chi connectivity index (χ4v) is 4.16. The van der Waals surface area contributed by atoms with Crippen LogP contribution in [-0.2, 0) is 4.79 Å². The van der Waals surface area contributed by atoms with Crippen LogP contribution < -0.4 is 10.6 Å². The van der Waals surface area contributed by atoms with Gasteiger partial charge in [-0.25, -0.2) is 0 Å². The van der Waals surface area contributed by atoms with Crippen molar-refractivity contribution in [2.75, 3.05) is 11.9 Å². The highest BCUT2D eigenvalue weighted by Gasteiger charge is 2.21. The molecule has 1 aromatic heterocycles. The van der Waals surface area contributed by atoms with Crippen LogP contribution in [0.2, 0.25) is 10.0 Å². The highest BCUT2D eigenvalue weighted by Crippen LogP contribution is 2.32. The Morgan fingerprint density at radius 3 is 2.52 bits per heavy atom. The molecule has 0 bridgehead atoms. The number of hydrogen-bond donors (Lipinski definition) is 2. The number of thiophene rings is 1. The summed E-state index contributed by atoms with van der Waals surface area (Å²) in [5.41, 5.74) is 3.73. The van der Waals surface area contributed by atoms with Crippen molar-refractivity contribution in [2.45, 2.75) is 19.9 Å². The second kappa shape index (κ2) is 8.89. The highest BCUT2D eigenvalue weighted by molar-refractivity contribution is 7.10. The van der Waals surface area contributed by atoms with Crippen LogP contribution in [0.4, 0.5) is 5.69 Å². The van der Waals surface area contributed by atoms with Gasteiger partial charge in [0.15, 0.2) is 6.54 Å². The lowest BCUT2D eigenvalue weighted by Gasteiger charge is -2.16. The number of carbonyl (C=O) groups is 1. The maximum absolute atomic E-state index is 12.5. The normalized spacial score (nSPS) is 12.0. The predicted octanol–water partition coefficient (Wildman–Crippen LogP) is 4.96. The SMILES string of the molecule is Cc1ccc([C@@H]([NH2+]CC(=O)Nc2c(Cl)ccc(C)c2Cl)c2cccs2)cc1. The number of aryl methyl sites for hydroxylation is 2. The van der Waals surface area contributed by atoms with Crippen LogP contribution in [0.15, 0.2) is 53.9 Å². The molecule has 0 saturated heterocycles. The van der Waals surface area contributed by atoms with Gasteiger partial charge < -0.3 is 10.6 Å². The van der Waals surface area contributed by atoms with E-state index in [0.717, 1.165) is 5.56 Å². The molecule has 0 fully saturated rings. The first-order chi connectivity index (χ1) is 13.0. The number of rotatable bonds is 6. The molecule has 0 unspecified atom stereocenters. The van der Waals surface area contributed by atoms with Gasteiger partial charge in [-0.1, -0.05) is 65.2 Å². The lowest BCUT2D eigenvalue weighted by Crippen LogP contribution is -2.87. The number of carbonyl (C=O) groups excluding carboxylic acids is 1. The van der Waals surface area contributed by atoms with Gasteiger partial charge in [0.2, 0.25) is 0 Å². The number of quaternary nitrogens is 1. The Morgan fingerprint density at radius 1 is 1.11 bits per heavy atom. The van der Waals surface area contributed by atoms with E-state index in [1.165, 1.54) is 16.0 Å². The summed E-state index contributed by atoms with van der Waals surface area (Å²) in [4.78, 5) is 13.7. The van der Waals surface area contributed by atoms with Crippen LogP contribution in [0.25, 0.3) is 0 Å². The average Bonchev–Trinajstić information content (AvgIpc) is 3.18. The van der Waals surface area contributed by atoms with Crippen molar-refractivity contribution >= 4 is 46.1 Å². The van der Waals surface area contributed by atoms with Gasteiger partial charge in [0.05, 0.1) is 20.6 Å². The van der Waals surface area contributed by atoms with E-state index in [1.54, 1.807) is 17.4 Å². The second-order valence-corrected chi connectivity index (χ2v) is 8.21. The minimum absolute atomic E-state index is 0.0693. The summed E-state index contributed by atoms with van der Waals surface area (Å²) >= 11 is 14.2. The van der Waals surface area contributed by atoms with Gasteiger partial charge in [0, 0.05) is 5.56 Å². The van der Waals surface area contributed by atoms with Gasteiger partial charge in [0.1, 0.15) is 6.04 Å². The van der Waals surface area contributed by atoms with Gasteiger partial charge in [-0.3, -0.25) is 4.79 Å². The third-order valence-electron chi connectivity index (χ3n) is 4.37. The van der Waals surface area contributed by atoms with Crippen LogP contribution >= 0.6 is 34.5 Å². The number of nitrogens with one attached hydrogen (secondary N) is 1. The predicted molar refractivity (Wildman–Crippen MR) is 114 cm³/mol. The first-order valence-electron chi connectivity index (χ1n) is 8.63. The van der Waals surface area contributed by atoms with E-state index >= 15 is 0 Å². The fourth-order valence-electron chi connectivity index (χ4n) is 2.85. The molecule has 0 spiro atoms. The van der Waals surface area contributed by atoms with E-state index in [1.807, 2.05) is 24.4 Å². The molecule has 0 aliphatic carbocycles. The van der Waals surface area contributed by atoms with Gasteiger partial charge in [-0.15, -0.1) is 11.3 Å². The summed E-state index contributed by atoms with van der Waals surface area (Å²) in [6.45, 7) is 4.21. The standard InChI is InChI=1S/C21H20Cl2N2OS/c1-13-5-8-15(9-6-13)20(17-4-3-11-27-17)24-12-18(26)25-21-16(22)10-7-14(2)19(21)23/h3-11,20,24H,12H2,1-2H3,(H,25,26)/p+1/t20-/m1/s1. The van der Waals surface area contributed by atoms with Crippen LogP contribution in [0.3, 0.4) is 0 Å². The van der Waals surface area contributed by atoms with E-state index in [9.17, 15) is 4.79 Å². The molecule has 0 aliphatic rings. The Morgan fingerprint density at radius 2 is 1.85 bits per heavy atom. The van der Waals surface area contributed by atoms with Gasteiger partial charge in [-0.05, 0) is 36.9 Å². The minimum atomic E-state index is -0.141. The third-order valence-corrected chi connectivity index (χ3v) is 6.13. The van der Waals surface area contributed by atoms with E-state index < -0.39 is 0 Å². The molecule has 140 valence electrons. The molecule has 3 nitrogen and oxygen atoms in total. The number of halogens is 2. The third kappa shape index (κ3) is 4.90.